The molecule has 0 spiro atoms. The Kier molecular flexibility index (Phi) is 5.91. The summed E-state index contributed by atoms with van der Waals surface area (Å²) >= 11 is 1.16. The molecular weight excluding hydrogens is 414 g/mol. The number of ether oxygens (including phenoxy) is 1. The van der Waals surface area contributed by atoms with Crippen LogP contribution in [-0.4, -0.2) is 39.4 Å². The number of fused-ring (bicyclic) bond motifs is 2. The molecule has 0 aliphatic carbocycles. The van der Waals surface area contributed by atoms with Crippen molar-refractivity contribution in [1.82, 2.24) is 14.5 Å². The van der Waals surface area contributed by atoms with Crippen molar-refractivity contribution in [2.45, 2.75) is 46.3 Å². The molecule has 4 rings (SSSR count). The van der Waals surface area contributed by atoms with Crippen molar-refractivity contribution in [2.24, 2.45) is 0 Å². The number of likely N-dealkylation sites (N-methyl/N-ethyl adjacent to an activating group) is 1. The van der Waals surface area contributed by atoms with Crippen LogP contribution in [0.2, 0.25) is 0 Å². The standard InChI is InChI=1S/C23H25N3O4S/c1-4-25(5-2)22(28)18(15-10-7-6-8-11-15)30-23(29)19-14(3)17-20(31-19)24-16-12-9-13-26(16)21(17)27/h6-8,10-11,18H,4-5,9,12-13H2,1-3H3/t18-/m0/s1. The van der Waals surface area contributed by atoms with Crippen LogP contribution in [0, 0.1) is 6.92 Å². The van der Waals surface area contributed by atoms with Gasteiger partial charge in [0.05, 0.1) is 5.39 Å². The summed E-state index contributed by atoms with van der Waals surface area (Å²) in [6.45, 7) is 7.21. The molecule has 0 radical (unpaired) electrons. The zero-order valence-corrected chi connectivity index (χ0v) is 18.7. The van der Waals surface area contributed by atoms with Crippen LogP contribution in [-0.2, 0) is 22.5 Å². The van der Waals surface area contributed by atoms with Crippen LogP contribution in [0.25, 0.3) is 10.2 Å². The van der Waals surface area contributed by atoms with Gasteiger partial charge in [0.1, 0.15) is 15.5 Å². The first-order valence-electron chi connectivity index (χ1n) is 10.5. The first-order valence-corrected chi connectivity index (χ1v) is 11.3. The summed E-state index contributed by atoms with van der Waals surface area (Å²) in [7, 11) is 0. The van der Waals surface area contributed by atoms with E-state index in [0.29, 0.717) is 45.9 Å². The second kappa shape index (κ2) is 8.63. The summed E-state index contributed by atoms with van der Waals surface area (Å²) in [5.41, 5.74) is 1.07. The Balaban J connectivity index is 1.71. The molecule has 31 heavy (non-hydrogen) atoms. The fourth-order valence-corrected chi connectivity index (χ4v) is 5.09. The van der Waals surface area contributed by atoms with Crippen molar-refractivity contribution in [3.8, 4) is 0 Å². The van der Waals surface area contributed by atoms with Crippen molar-refractivity contribution in [3.05, 3.63) is 62.5 Å². The van der Waals surface area contributed by atoms with Gasteiger partial charge >= 0.3 is 5.97 Å². The number of benzene rings is 1. The molecule has 2 aromatic heterocycles. The topological polar surface area (TPSA) is 81.5 Å². The van der Waals surface area contributed by atoms with Gasteiger partial charge in [-0.2, -0.15) is 0 Å². The van der Waals surface area contributed by atoms with E-state index in [4.69, 9.17) is 4.74 Å². The van der Waals surface area contributed by atoms with E-state index < -0.39 is 12.1 Å². The minimum absolute atomic E-state index is 0.107. The van der Waals surface area contributed by atoms with Gasteiger partial charge in [0, 0.05) is 31.6 Å². The molecule has 1 atom stereocenters. The third-order valence-electron chi connectivity index (χ3n) is 5.72. The maximum Gasteiger partial charge on any atom is 0.349 e. The van der Waals surface area contributed by atoms with Crippen LogP contribution >= 0.6 is 11.3 Å². The molecule has 3 heterocycles. The lowest BCUT2D eigenvalue weighted by Crippen LogP contribution is -2.36. The van der Waals surface area contributed by atoms with Gasteiger partial charge < -0.3 is 9.64 Å². The number of esters is 1. The second-order valence-electron chi connectivity index (χ2n) is 7.53. The van der Waals surface area contributed by atoms with E-state index in [2.05, 4.69) is 4.98 Å². The molecule has 7 nitrogen and oxygen atoms in total. The minimum atomic E-state index is -1.04. The highest BCUT2D eigenvalue weighted by atomic mass is 32.1. The Morgan fingerprint density at radius 2 is 1.94 bits per heavy atom. The van der Waals surface area contributed by atoms with Crippen molar-refractivity contribution < 1.29 is 14.3 Å². The van der Waals surface area contributed by atoms with Crippen LogP contribution in [0.5, 0.6) is 0 Å². The quantitative estimate of drug-likeness (QED) is 0.549. The molecule has 3 aromatic rings. The number of amides is 1. The summed E-state index contributed by atoms with van der Waals surface area (Å²) < 4.78 is 7.45. The van der Waals surface area contributed by atoms with E-state index in [9.17, 15) is 14.4 Å². The van der Waals surface area contributed by atoms with Gasteiger partial charge in [0.25, 0.3) is 11.5 Å². The molecule has 1 aliphatic rings. The third kappa shape index (κ3) is 3.76. The fourth-order valence-electron chi connectivity index (χ4n) is 4.02. The highest BCUT2D eigenvalue weighted by Crippen LogP contribution is 2.31. The molecule has 0 N–H and O–H groups in total. The van der Waals surface area contributed by atoms with Gasteiger partial charge in [0.15, 0.2) is 0 Å². The zero-order chi connectivity index (χ0) is 22.1. The summed E-state index contributed by atoms with van der Waals surface area (Å²) in [6, 6.07) is 9.01. The Morgan fingerprint density at radius 1 is 1.23 bits per heavy atom. The Hall–Kier alpha value is -3.00. The van der Waals surface area contributed by atoms with Gasteiger partial charge in [0.2, 0.25) is 6.10 Å². The molecule has 1 aliphatic heterocycles. The van der Waals surface area contributed by atoms with E-state index in [-0.39, 0.29) is 11.5 Å². The minimum Gasteiger partial charge on any atom is -0.443 e. The number of thiophene rings is 1. The summed E-state index contributed by atoms with van der Waals surface area (Å²) in [5, 5.41) is 0.467. The number of rotatable bonds is 6. The lowest BCUT2D eigenvalue weighted by molar-refractivity contribution is -0.140. The number of aromatic nitrogens is 2. The second-order valence-corrected chi connectivity index (χ2v) is 8.53. The summed E-state index contributed by atoms with van der Waals surface area (Å²) in [4.78, 5) is 46.3. The monoisotopic (exact) mass is 439 g/mol. The normalized spacial score (nSPS) is 13.8. The zero-order valence-electron chi connectivity index (χ0n) is 17.9. The van der Waals surface area contributed by atoms with E-state index in [0.717, 1.165) is 30.0 Å². The van der Waals surface area contributed by atoms with Gasteiger partial charge in [-0.05, 0) is 32.8 Å². The van der Waals surface area contributed by atoms with Crippen LogP contribution < -0.4 is 5.56 Å². The van der Waals surface area contributed by atoms with Crippen LogP contribution in [0.4, 0.5) is 0 Å². The maximum absolute atomic E-state index is 13.2. The predicted molar refractivity (Wildman–Crippen MR) is 119 cm³/mol. The molecule has 0 saturated heterocycles. The molecule has 162 valence electrons. The number of carbonyl (C=O) groups is 2. The fraction of sp³-hybridized carbons (Fsp3) is 0.391. The largest absolute Gasteiger partial charge is 0.443 e. The number of nitrogens with zero attached hydrogens (tertiary/aromatic N) is 3. The number of carbonyl (C=O) groups excluding carboxylic acids is 2. The number of hydrogen-bond donors (Lipinski definition) is 0. The molecule has 8 heteroatoms. The van der Waals surface area contributed by atoms with E-state index in [1.165, 1.54) is 0 Å². The van der Waals surface area contributed by atoms with Gasteiger partial charge in [-0.3, -0.25) is 14.2 Å². The van der Waals surface area contributed by atoms with Crippen molar-refractivity contribution >= 4 is 33.4 Å². The lowest BCUT2D eigenvalue weighted by Gasteiger charge is -2.25. The summed E-state index contributed by atoms with van der Waals surface area (Å²) in [5.74, 6) is -0.113. The highest BCUT2D eigenvalue weighted by molar-refractivity contribution is 7.20. The molecular formula is C23H25N3O4S. The first kappa shape index (κ1) is 21.2. The van der Waals surface area contributed by atoms with Crippen LogP contribution in [0.3, 0.4) is 0 Å². The SMILES string of the molecule is CCN(CC)C(=O)[C@@H](OC(=O)c1sc2nc3n(c(=O)c2c1C)CCC3)c1ccccc1. The van der Waals surface area contributed by atoms with Gasteiger partial charge in [-0.25, -0.2) is 9.78 Å². The molecule has 1 amide bonds. The molecule has 0 saturated carbocycles. The molecule has 0 unspecified atom stereocenters. The van der Waals surface area contributed by atoms with E-state index in [1.54, 1.807) is 28.5 Å². The molecule has 1 aromatic carbocycles. The highest BCUT2D eigenvalue weighted by Gasteiger charge is 2.31. The lowest BCUT2D eigenvalue weighted by atomic mass is 10.1. The first-order chi connectivity index (χ1) is 15.0. The van der Waals surface area contributed by atoms with Gasteiger partial charge in [-0.15, -0.1) is 11.3 Å². The van der Waals surface area contributed by atoms with Crippen molar-refractivity contribution in [3.63, 3.8) is 0 Å². The molecule has 0 bridgehead atoms. The van der Waals surface area contributed by atoms with E-state index >= 15 is 0 Å². The smallest absolute Gasteiger partial charge is 0.349 e. The van der Waals surface area contributed by atoms with Crippen molar-refractivity contribution in [2.75, 3.05) is 13.1 Å². The molecule has 0 fully saturated rings. The van der Waals surface area contributed by atoms with Crippen LogP contribution in [0.15, 0.2) is 35.1 Å². The maximum atomic E-state index is 13.2. The Bertz CT molecular complexity index is 1190. The average molecular weight is 440 g/mol. The van der Waals surface area contributed by atoms with E-state index in [1.807, 2.05) is 32.0 Å². The Morgan fingerprint density at radius 3 is 2.61 bits per heavy atom. The summed E-state index contributed by atoms with van der Waals surface area (Å²) in [6.07, 6.45) is 0.619. The number of hydrogen-bond acceptors (Lipinski definition) is 6. The number of aryl methyl sites for hydroxylation is 2. The average Bonchev–Trinajstić information content (AvgIpc) is 3.38. The third-order valence-corrected chi connectivity index (χ3v) is 6.89. The predicted octanol–water partition coefficient (Wildman–Crippen LogP) is 3.48. The van der Waals surface area contributed by atoms with Crippen LogP contribution in [0.1, 0.15) is 53.0 Å². The Labute approximate surface area is 184 Å². The van der Waals surface area contributed by atoms with Gasteiger partial charge in [-0.1, -0.05) is 30.3 Å². The van der Waals surface area contributed by atoms with Crippen molar-refractivity contribution in [1.29, 1.82) is 0 Å².